The Morgan fingerprint density at radius 1 is 0.542 bits per heavy atom. The molecule has 4 aliphatic heterocycles. The molecule has 0 aromatic carbocycles. The molecule has 0 aliphatic carbocycles. The van der Waals surface area contributed by atoms with E-state index in [0.29, 0.717) is 0 Å². The second-order valence-corrected chi connectivity index (χ2v) is 11.9. The van der Waals surface area contributed by atoms with Crippen LogP contribution < -0.4 is 5.32 Å². The summed E-state index contributed by atoms with van der Waals surface area (Å²) < 4.78 is 38.4. The molecule has 4 fully saturated rings. The van der Waals surface area contributed by atoms with Gasteiger partial charge in [0.05, 0.1) is 26.4 Å². The van der Waals surface area contributed by atoms with Crippen LogP contribution in [0.5, 0.6) is 0 Å². The highest BCUT2D eigenvalue weighted by molar-refractivity contribution is 5.73. The molecule has 0 bridgehead atoms. The van der Waals surface area contributed by atoms with E-state index in [4.69, 9.17) is 33.2 Å². The minimum atomic E-state index is -2.05. The Hall–Kier alpha value is -1.33. The molecule has 4 aliphatic rings. The van der Waals surface area contributed by atoms with E-state index >= 15 is 0 Å². The third-order valence-corrected chi connectivity index (χ3v) is 8.59. The number of aliphatic hydroxyl groups excluding tert-OH is 13. The number of amides is 1. The van der Waals surface area contributed by atoms with E-state index in [1.165, 1.54) is 0 Å². The number of rotatable bonds is 11. The fraction of sp³-hybridized carbons (Fsp3) is 0.962. The second kappa shape index (κ2) is 16.8. The summed E-state index contributed by atoms with van der Waals surface area (Å²) in [6.45, 7) is -2.09. The van der Waals surface area contributed by atoms with Gasteiger partial charge in [0, 0.05) is 6.92 Å². The number of carbonyl (C=O) groups is 1. The average Bonchev–Trinajstić information content (AvgIpc) is 3.06. The van der Waals surface area contributed by atoms with Crippen LogP contribution in [0.25, 0.3) is 0 Å². The van der Waals surface area contributed by atoms with Crippen molar-refractivity contribution in [2.24, 2.45) is 0 Å². The van der Waals surface area contributed by atoms with Gasteiger partial charge in [0.25, 0.3) is 0 Å². The lowest BCUT2D eigenvalue weighted by Crippen LogP contribution is -2.68. The Morgan fingerprint density at radius 3 is 1.56 bits per heavy atom. The molecular weight excluding hydrogens is 662 g/mol. The predicted molar refractivity (Wildman–Crippen MR) is 145 cm³/mol. The summed E-state index contributed by atoms with van der Waals surface area (Å²) in [6.07, 6.45) is -33.7. The second-order valence-electron chi connectivity index (χ2n) is 11.9. The molecule has 22 nitrogen and oxygen atoms in total. The van der Waals surface area contributed by atoms with Crippen LogP contribution in [0.4, 0.5) is 0 Å². The number of ether oxygens (including phenoxy) is 7. The Kier molecular flexibility index (Phi) is 13.8. The van der Waals surface area contributed by atoms with E-state index in [2.05, 4.69) is 5.32 Å². The molecule has 0 spiro atoms. The third kappa shape index (κ3) is 8.24. The first kappa shape index (κ1) is 39.5. The highest BCUT2D eigenvalue weighted by atomic mass is 16.8. The zero-order chi connectivity index (χ0) is 35.6. The van der Waals surface area contributed by atoms with Crippen LogP contribution in [-0.4, -0.2) is 221 Å². The minimum absolute atomic E-state index is 0.699. The Labute approximate surface area is 272 Å². The van der Waals surface area contributed by atoms with Gasteiger partial charge in [0.15, 0.2) is 25.2 Å². The summed E-state index contributed by atoms with van der Waals surface area (Å²) >= 11 is 0. The van der Waals surface area contributed by atoms with Crippen molar-refractivity contribution < 1.29 is 104 Å². The summed E-state index contributed by atoms with van der Waals surface area (Å²) in [5.41, 5.74) is 0. The van der Waals surface area contributed by atoms with Crippen LogP contribution in [0.1, 0.15) is 6.92 Å². The molecule has 0 aromatic rings. The molecule has 0 saturated carbocycles. The van der Waals surface area contributed by atoms with Crippen LogP contribution in [-0.2, 0) is 38.0 Å². The van der Waals surface area contributed by atoms with Crippen molar-refractivity contribution in [1.29, 1.82) is 0 Å². The van der Waals surface area contributed by atoms with Gasteiger partial charge in [-0.2, -0.15) is 0 Å². The fourth-order valence-electron chi connectivity index (χ4n) is 5.82. The third-order valence-electron chi connectivity index (χ3n) is 8.59. The molecule has 48 heavy (non-hydrogen) atoms. The van der Waals surface area contributed by atoms with E-state index in [1.54, 1.807) is 0 Å². The van der Waals surface area contributed by atoms with Crippen molar-refractivity contribution in [3.05, 3.63) is 0 Å². The SMILES string of the molecule is CC(=O)N[C@@H]1[C@@H](O[C@H]2O[C@H](CO)[C@@H](O)[C@H](O)[C@@H]2O[C@H]2O[C@H](CO[C@H]3O[C@H](CO)[C@H](O)[C@H](O)[C@H]3O)[C@@H](O)[C@H](O)[C@@H]2O)[C@@H](O)[C@@H](CO)O[C@H]1O. The van der Waals surface area contributed by atoms with E-state index in [9.17, 15) is 71.2 Å². The van der Waals surface area contributed by atoms with Crippen LogP contribution in [0.15, 0.2) is 0 Å². The first-order chi connectivity index (χ1) is 22.6. The molecule has 4 heterocycles. The van der Waals surface area contributed by atoms with Gasteiger partial charge in [-0.25, -0.2) is 0 Å². The van der Waals surface area contributed by atoms with Gasteiger partial charge in [-0.1, -0.05) is 0 Å². The van der Waals surface area contributed by atoms with Crippen molar-refractivity contribution >= 4 is 5.91 Å². The molecule has 4 rings (SSSR count). The summed E-state index contributed by atoms with van der Waals surface area (Å²) in [5.74, 6) is -0.699. The highest BCUT2D eigenvalue weighted by Crippen LogP contribution is 2.33. The summed E-state index contributed by atoms with van der Waals surface area (Å²) in [4.78, 5) is 11.9. The fourth-order valence-corrected chi connectivity index (χ4v) is 5.82. The van der Waals surface area contributed by atoms with Crippen molar-refractivity contribution in [1.82, 2.24) is 5.32 Å². The molecule has 0 radical (unpaired) electrons. The quantitative estimate of drug-likeness (QED) is 0.0947. The Balaban J connectivity index is 1.54. The molecule has 1 amide bonds. The van der Waals surface area contributed by atoms with Crippen molar-refractivity contribution in [3.63, 3.8) is 0 Å². The lowest BCUT2D eigenvalue weighted by Gasteiger charge is -2.49. The van der Waals surface area contributed by atoms with Gasteiger partial charge < -0.3 is 105 Å². The molecule has 22 heteroatoms. The van der Waals surface area contributed by atoms with Crippen molar-refractivity contribution in [2.45, 2.75) is 130 Å². The van der Waals surface area contributed by atoms with E-state index < -0.39 is 155 Å². The number of carbonyl (C=O) groups excluding carboxylic acids is 1. The molecular formula is C26H45NO21. The smallest absolute Gasteiger partial charge is 0.217 e. The summed E-state index contributed by atoms with van der Waals surface area (Å²) in [5, 5.41) is 136. The lowest BCUT2D eigenvalue weighted by atomic mass is 9.95. The van der Waals surface area contributed by atoms with Gasteiger partial charge in [0.2, 0.25) is 5.91 Å². The van der Waals surface area contributed by atoms with E-state index in [1.807, 2.05) is 0 Å². The number of hydrogen-bond acceptors (Lipinski definition) is 21. The Morgan fingerprint density at radius 2 is 1.00 bits per heavy atom. The van der Waals surface area contributed by atoms with Crippen LogP contribution >= 0.6 is 0 Å². The predicted octanol–water partition coefficient (Wildman–Crippen LogP) is -9.61. The molecule has 280 valence electrons. The normalized spacial score (nSPS) is 50.2. The zero-order valence-electron chi connectivity index (χ0n) is 25.5. The molecule has 4 saturated heterocycles. The summed E-state index contributed by atoms with van der Waals surface area (Å²) in [6, 6.07) is -1.50. The average molecular weight is 708 g/mol. The van der Waals surface area contributed by atoms with E-state index in [0.717, 1.165) is 6.92 Å². The molecule has 14 N–H and O–H groups in total. The Bertz CT molecular complexity index is 1030. The summed E-state index contributed by atoms with van der Waals surface area (Å²) in [7, 11) is 0. The maximum Gasteiger partial charge on any atom is 0.217 e. The first-order valence-electron chi connectivity index (χ1n) is 15.1. The number of aliphatic hydroxyl groups is 13. The number of hydrogen-bond donors (Lipinski definition) is 14. The van der Waals surface area contributed by atoms with Crippen LogP contribution in [0, 0.1) is 0 Å². The van der Waals surface area contributed by atoms with Crippen LogP contribution in [0.3, 0.4) is 0 Å². The first-order valence-corrected chi connectivity index (χ1v) is 15.1. The minimum Gasteiger partial charge on any atom is -0.394 e. The lowest BCUT2D eigenvalue weighted by molar-refractivity contribution is -0.384. The van der Waals surface area contributed by atoms with Gasteiger partial charge in [-0.15, -0.1) is 0 Å². The van der Waals surface area contributed by atoms with Crippen LogP contribution in [0.2, 0.25) is 0 Å². The topological polar surface area (TPSA) is 357 Å². The largest absolute Gasteiger partial charge is 0.394 e. The maximum absolute atomic E-state index is 11.9. The number of nitrogens with one attached hydrogen (secondary N) is 1. The maximum atomic E-state index is 11.9. The van der Waals surface area contributed by atoms with Crippen molar-refractivity contribution in [2.75, 3.05) is 26.4 Å². The van der Waals surface area contributed by atoms with Gasteiger partial charge in [-0.3, -0.25) is 4.79 Å². The zero-order valence-corrected chi connectivity index (χ0v) is 25.5. The molecule has 0 unspecified atom stereocenters. The molecule has 0 aromatic heterocycles. The standard InChI is InChI=1S/C26H45NO21/c1-6(31)27-11-21(15(35)9(4-30)43-23(11)41)47-26-22(18(38)13(33)8(3-29)45-26)48-25-20(40)17(37)14(34)10(46-25)5-42-24-19(39)16(36)12(32)7(2-28)44-24/h7-26,28-30,32-41H,2-5H2,1H3,(H,27,31)/t7-,8-,9-,10-,11-,12+,13-,14-,15+,16+,17+,18+,19-,20+,21-,22+,23-,24+,25-,26-/m1/s1. The van der Waals surface area contributed by atoms with Gasteiger partial charge in [-0.05, 0) is 0 Å². The highest BCUT2D eigenvalue weighted by Gasteiger charge is 2.54. The van der Waals surface area contributed by atoms with Crippen molar-refractivity contribution in [3.8, 4) is 0 Å². The van der Waals surface area contributed by atoms with Gasteiger partial charge >= 0.3 is 0 Å². The van der Waals surface area contributed by atoms with E-state index in [-0.39, 0.29) is 0 Å². The molecule has 20 atom stereocenters. The monoisotopic (exact) mass is 707 g/mol. The van der Waals surface area contributed by atoms with Gasteiger partial charge in [0.1, 0.15) is 97.6 Å².